The van der Waals surface area contributed by atoms with Crippen LogP contribution in [-0.4, -0.2) is 28.4 Å². The van der Waals surface area contributed by atoms with Crippen LogP contribution in [0.4, 0.5) is 0 Å². The molecule has 0 aromatic heterocycles. The highest BCUT2D eigenvalue weighted by Gasteiger charge is 2.24. The molecule has 0 aliphatic carbocycles. The zero-order valence-electron chi connectivity index (χ0n) is 5.94. The van der Waals surface area contributed by atoms with E-state index in [9.17, 15) is 4.79 Å². The lowest BCUT2D eigenvalue weighted by Crippen LogP contribution is -2.19. The fraction of sp³-hybridized carbons (Fsp3) is 0.500. The SMILES string of the molecule is CCOC(=O)C1C=NC(=S)S1. The molecule has 5 heteroatoms. The molecule has 0 radical (unpaired) electrons. The van der Waals surface area contributed by atoms with Gasteiger partial charge in [0.25, 0.3) is 0 Å². The van der Waals surface area contributed by atoms with Gasteiger partial charge in [0, 0.05) is 6.21 Å². The van der Waals surface area contributed by atoms with Crippen molar-refractivity contribution in [1.29, 1.82) is 0 Å². The van der Waals surface area contributed by atoms with E-state index in [1.165, 1.54) is 18.0 Å². The lowest BCUT2D eigenvalue weighted by Gasteiger charge is -2.03. The van der Waals surface area contributed by atoms with E-state index in [0.29, 0.717) is 10.9 Å². The number of thioether (sulfide) groups is 1. The van der Waals surface area contributed by atoms with Crippen LogP contribution in [0.15, 0.2) is 4.99 Å². The highest BCUT2D eigenvalue weighted by Crippen LogP contribution is 2.19. The zero-order valence-corrected chi connectivity index (χ0v) is 7.58. The molecule has 0 amide bonds. The second kappa shape index (κ2) is 3.82. The molecule has 1 aliphatic rings. The fourth-order valence-electron chi connectivity index (χ4n) is 0.631. The third-order valence-electron chi connectivity index (χ3n) is 1.06. The minimum atomic E-state index is -0.317. The highest BCUT2D eigenvalue weighted by atomic mass is 32.2. The molecule has 0 fully saturated rings. The van der Waals surface area contributed by atoms with Crippen LogP contribution in [0.1, 0.15) is 6.92 Å². The summed E-state index contributed by atoms with van der Waals surface area (Å²) >= 11 is 6.01. The molecule has 0 aromatic rings. The van der Waals surface area contributed by atoms with Gasteiger partial charge in [0.15, 0.2) is 4.32 Å². The van der Waals surface area contributed by atoms with Crippen LogP contribution >= 0.6 is 24.0 Å². The predicted octanol–water partition coefficient (Wildman–Crippen LogP) is 1.02. The molecule has 0 aromatic carbocycles. The topological polar surface area (TPSA) is 38.7 Å². The van der Waals surface area contributed by atoms with Gasteiger partial charge in [-0.2, -0.15) is 0 Å². The number of carbonyl (C=O) groups is 1. The first-order valence-electron chi connectivity index (χ1n) is 3.15. The van der Waals surface area contributed by atoms with E-state index >= 15 is 0 Å². The lowest BCUT2D eigenvalue weighted by atomic mass is 10.5. The van der Waals surface area contributed by atoms with Crippen LogP contribution in [0.25, 0.3) is 0 Å². The van der Waals surface area contributed by atoms with Gasteiger partial charge >= 0.3 is 5.97 Å². The highest BCUT2D eigenvalue weighted by molar-refractivity contribution is 8.24. The van der Waals surface area contributed by atoms with E-state index in [2.05, 4.69) is 4.99 Å². The monoisotopic (exact) mass is 189 g/mol. The van der Waals surface area contributed by atoms with Gasteiger partial charge in [-0.1, -0.05) is 24.0 Å². The van der Waals surface area contributed by atoms with E-state index in [1.807, 2.05) is 0 Å². The summed E-state index contributed by atoms with van der Waals surface area (Å²) in [5, 5.41) is -0.317. The van der Waals surface area contributed by atoms with Crippen LogP contribution < -0.4 is 0 Å². The molecule has 0 saturated carbocycles. The normalized spacial score (nSPS) is 22.3. The first kappa shape index (κ1) is 8.67. The minimum absolute atomic E-state index is 0.263. The Bertz CT molecular complexity index is 215. The number of esters is 1. The second-order valence-electron chi connectivity index (χ2n) is 1.83. The molecule has 60 valence electrons. The van der Waals surface area contributed by atoms with E-state index in [1.54, 1.807) is 6.92 Å². The minimum Gasteiger partial charge on any atom is -0.465 e. The van der Waals surface area contributed by atoms with Gasteiger partial charge in [0.05, 0.1) is 6.61 Å². The van der Waals surface area contributed by atoms with Gasteiger partial charge in [-0.25, -0.2) is 4.99 Å². The van der Waals surface area contributed by atoms with Crippen molar-refractivity contribution < 1.29 is 9.53 Å². The number of hydrogen-bond acceptors (Lipinski definition) is 4. The number of aliphatic imine (C=N–C) groups is 1. The van der Waals surface area contributed by atoms with Gasteiger partial charge in [-0.15, -0.1) is 0 Å². The molecular weight excluding hydrogens is 182 g/mol. The van der Waals surface area contributed by atoms with Crippen LogP contribution in [0.2, 0.25) is 0 Å². The largest absolute Gasteiger partial charge is 0.465 e. The molecule has 1 unspecified atom stereocenters. The summed E-state index contributed by atoms with van der Waals surface area (Å²) in [6.07, 6.45) is 1.52. The molecule has 1 atom stereocenters. The average molecular weight is 189 g/mol. The summed E-state index contributed by atoms with van der Waals surface area (Å²) in [6.45, 7) is 2.17. The molecule has 0 N–H and O–H groups in total. The van der Waals surface area contributed by atoms with Crippen molar-refractivity contribution in [3.63, 3.8) is 0 Å². The third kappa shape index (κ3) is 2.27. The Balaban J connectivity index is 2.44. The van der Waals surface area contributed by atoms with Gasteiger partial charge in [0.1, 0.15) is 5.25 Å². The van der Waals surface area contributed by atoms with Crippen molar-refractivity contribution in [2.24, 2.45) is 4.99 Å². The van der Waals surface area contributed by atoms with Crippen molar-refractivity contribution in [3.05, 3.63) is 0 Å². The first-order valence-corrected chi connectivity index (χ1v) is 4.44. The van der Waals surface area contributed by atoms with E-state index in [0.717, 1.165) is 0 Å². The third-order valence-corrected chi connectivity index (χ3v) is 2.33. The van der Waals surface area contributed by atoms with Gasteiger partial charge in [0.2, 0.25) is 0 Å². The Morgan fingerprint density at radius 1 is 2.00 bits per heavy atom. The number of hydrogen-bond donors (Lipinski definition) is 0. The molecule has 3 nitrogen and oxygen atoms in total. The van der Waals surface area contributed by atoms with Crippen LogP contribution in [0.3, 0.4) is 0 Å². The first-order chi connectivity index (χ1) is 5.24. The molecule has 1 aliphatic heterocycles. The summed E-state index contributed by atoms with van der Waals surface area (Å²) in [5.74, 6) is -0.263. The molecule has 0 spiro atoms. The lowest BCUT2D eigenvalue weighted by molar-refractivity contribution is -0.140. The van der Waals surface area contributed by atoms with Crippen molar-refractivity contribution in [3.8, 4) is 0 Å². The van der Waals surface area contributed by atoms with Crippen molar-refractivity contribution in [1.82, 2.24) is 0 Å². The molecular formula is C6H7NO2S2. The van der Waals surface area contributed by atoms with Crippen LogP contribution in [-0.2, 0) is 9.53 Å². The summed E-state index contributed by atoms with van der Waals surface area (Å²) < 4.78 is 5.27. The Kier molecular flexibility index (Phi) is 3.02. The molecule has 1 heterocycles. The molecule has 0 bridgehead atoms. The Labute approximate surface area is 74.2 Å². The average Bonchev–Trinajstić information content (AvgIpc) is 2.36. The van der Waals surface area contributed by atoms with Crippen LogP contribution in [0, 0.1) is 0 Å². The Morgan fingerprint density at radius 3 is 3.18 bits per heavy atom. The standard InChI is InChI=1S/C6H7NO2S2/c1-2-9-5(8)4-3-7-6(10)11-4/h3-4H,2H2,1H3. The van der Waals surface area contributed by atoms with Gasteiger partial charge in [-0.05, 0) is 6.92 Å². The quantitative estimate of drug-likeness (QED) is 0.480. The zero-order chi connectivity index (χ0) is 8.27. The fourth-order valence-corrected chi connectivity index (χ4v) is 1.63. The maximum atomic E-state index is 11.0. The molecule has 1 rings (SSSR count). The van der Waals surface area contributed by atoms with Gasteiger partial charge in [-0.3, -0.25) is 4.79 Å². The van der Waals surface area contributed by atoms with E-state index in [4.69, 9.17) is 17.0 Å². The number of thiocarbonyl (C=S) groups is 1. The number of ether oxygens (including phenoxy) is 1. The Hall–Kier alpha value is -0.420. The molecule has 11 heavy (non-hydrogen) atoms. The smallest absolute Gasteiger partial charge is 0.325 e. The summed E-state index contributed by atoms with van der Waals surface area (Å²) in [6, 6.07) is 0. The summed E-state index contributed by atoms with van der Waals surface area (Å²) in [5.41, 5.74) is 0. The van der Waals surface area contributed by atoms with Crippen LogP contribution in [0.5, 0.6) is 0 Å². The maximum absolute atomic E-state index is 11.0. The summed E-state index contributed by atoms with van der Waals surface area (Å²) in [4.78, 5) is 14.8. The number of carbonyl (C=O) groups excluding carboxylic acids is 1. The van der Waals surface area contributed by atoms with E-state index < -0.39 is 0 Å². The maximum Gasteiger partial charge on any atom is 0.325 e. The van der Waals surface area contributed by atoms with E-state index in [-0.39, 0.29) is 11.2 Å². The predicted molar refractivity (Wildman–Crippen MR) is 49.1 cm³/mol. The van der Waals surface area contributed by atoms with Gasteiger partial charge < -0.3 is 4.74 Å². The summed E-state index contributed by atoms with van der Waals surface area (Å²) in [7, 11) is 0. The van der Waals surface area contributed by atoms with Crippen molar-refractivity contribution in [2.45, 2.75) is 12.2 Å². The molecule has 0 saturated heterocycles. The van der Waals surface area contributed by atoms with Crippen molar-refractivity contribution in [2.75, 3.05) is 6.61 Å². The van der Waals surface area contributed by atoms with Crippen molar-refractivity contribution >= 4 is 40.5 Å². The second-order valence-corrected chi connectivity index (χ2v) is 3.61. The Morgan fingerprint density at radius 2 is 2.73 bits per heavy atom. The number of nitrogens with zero attached hydrogens (tertiary/aromatic N) is 1. The number of rotatable bonds is 2.